The third kappa shape index (κ3) is 4.34. The van der Waals surface area contributed by atoms with Crippen LogP contribution in [0.4, 0.5) is 0 Å². The lowest BCUT2D eigenvalue weighted by molar-refractivity contribution is -0.264. The Bertz CT molecular complexity index is 479. The predicted octanol–water partition coefficient (Wildman–Crippen LogP) is -2.91. The number of ether oxygens (including phenoxy) is 3. The van der Waals surface area contributed by atoms with Gasteiger partial charge >= 0.3 is 0 Å². The highest BCUT2D eigenvalue weighted by atomic mass is 16.7. The van der Waals surface area contributed by atoms with E-state index in [1.165, 1.54) is 14.0 Å². The van der Waals surface area contributed by atoms with Gasteiger partial charge in [-0.25, -0.2) is 0 Å². The molecular formula is C16H29NO9. The Kier molecular flexibility index (Phi) is 7.34. The molecule has 2 saturated heterocycles. The topological polar surface area (TPSA) is 158 Å². The Labute approximate surface area is 151 Å². The Morgan fingerprint density at radius 3 is 2.23 bits per heavy atom. The van der Waals surface area contributed by atoms with Gasteiger partial charge in [-0.1, -0.05) is 0 Å². The highest BCUT2D eigenvalue weighted by Crippen LogP contribution is 2.34. The molecule has 2 heterocycles. The van der Waals surface area contributed by atoms with Gasteiger partial charge in [0.05, 0.1) is 31.0 Å². The van der Waals surface area contributed by atoms with E-state index in [0.29, 0.717) is 0 Å². The summed E-state index contributed by atoms with van der Waals surface area (Å²) < 4.78 is 16.3. The highest BCUT2D eigenvalue weighted by molar-refractivity contribution is 5.73. The first kappa shape index (κ1) is 21.5. The van der Waals surface area contributed by atoms with Gasteiger partial charge in [0.25, 0.3) is 0 Å². The van der Waals surface area contributed by atoms with Crippen LogP contribution in [-0.2, 0) is 19.0 Å². The van der Waals surface area contributed by atoms with E-state index in [9.17, 15) is 30.3 Å². The molecule has 0 aromatic heterocycles. The fourth-order valence-electron chi connectivity index (χ4n) is 3.68. The lowest BCUT2D eigenvalue weighted by Crippen LogP contribution is -2.64. The molecule has 0 aliphatic carbocycles. The molecule has 0 aromatic carbocycles. The second-order valence-corrected chi connectivity index (χ2v) is 6.93. The molecule has 2 rings (SSSR count). The van der Waals surface area contributed by atoms with Gasteiger partial charge in [-0.15, -0.1) is 0 Å². The summed E-state index contributed by atoms with van der Waals surface area (Å²) in [6.07, 6.45) is -8.60. The average Bonchev–Trinajstić information content (AvgIpc) is 2.60. The Hall–Kier alpha value is -0.850. The van der Waals surface area contributed by atoms with E-state index >= 15 is 0 Å². The molecule has 0 unspecified atom stereocenters. The molecule has 2 aliphatic heterocycles. The maximum atomic E-state index is 11.6. The smallest absolute Gasteiger partial charge is 0.217 e. The van der Waals surface area contributed by atoms with Crippen LogP contribution in [0.3, 0.4) is 0 Å². The van der Waals surface area contributed by atoms with Crippen LogP contribution in [0, 0.1) is 5.92 Å². The summed E-state index contributed by atoms with van der Waals surface area (Å²) in [6, 6.07) is -0.759. The highest BCUT2D eigenvalue weighted by Gasteiger charge is 2.49. The molecule has 152 valence electrons. The maximum Gasteiger partial charge on any atom is 0.217 e. The second-order valence-electron chi connectivity index (χ2n) is 6.93. The van der Waals surface area contributed by atoms with Crippen molar-refractivity contribution in [3.63, 3.8) is 0 Å². The molecule has 26 heavy (non-hydrogen) atoms. The molecule has 0 spiro atoms. The number of hydrogen-bond acceptors (Lipinski definition) is 9. The predicted molar refractivity (Wildman–Crippen MR) is 86.8 cm³/mol. The Morgan fingerprint density at radius 1 is 1.04 bits per heavy atom. The number of nitrogens with one attached hydrogen (secondary N) is 1. The number of hydrogen-bond donors (Lipinski definition) is 6. The van der Waals surface area contributed by atoms with Crippen LogP contribution in [0.5, 0.6) is 0 Å². The number of amides is 1. The first-order chi connectivity index (χ1) is 12.2. The van der Waals surface area contributed by atoms with Crippen molar-refractivity contribution in [2.45, 2.75) is 75.3 Å². The summed E-state index contributed by atoms with van der Waals surface area (Å²) >= 11 is 0. The zero-order valence-electron chi connectivity index (χ0n) is 15.1. The summed E-state index contributed by atoms with van der Waals surface area (Å²) in [5.74, 6) is -1.06. The first-order valence-corrected chi connectivity index (χ1v) is 8.65. The van der Waals surface area contributed by atoms with Crippen LogP contribution in [0.25, 0.3) is 0 Å². The standard InChI is InChI=1S/C16H29NO9/c1-6-12(20)15(23)14(22)9(25-6)4-8-11(17-7(2)19)16(24-3)26-10(5-18)13(8)21/h6,8-16,18,20-23H,4-5H2,1-3H3,(H,17,19)/t6-,8+,9-,10+,11+,12+,13+,14+,15+,16+/m0/s1. The van der Waals surface area contributed by atoms with Crippen molar-refractivity contribution in [3.05, 3.63) is 0 Å². The summed E-state index contributed by atoms with van der Waals surface area (Å²) in [7, 11) is 1.37. The van der Waals surface area contributed by atoms with Crippen molar-refractivity contribution in [1.82, 2.24) is 5.32 Å². The molecule has 10 nitrogen and oxygen atoms in total. The Balaban J connectivity index is 2.23. The zero-order valence-corrected chi connectivity index (χ0v) is 15.1. The van der Waals surface area contributed by atoms with Crippen molar-refractivity contribution in [1.29, 1.82) is 0 Å². The molecule has 6 N–H and O–H groups in total. The number of aliphatic hydroxyl groups excluding tert-OH is 5. The van der Waals surface area contributed by atoms with Crippen molar-refractivity contribution in [2.24, 2.45) is 5.92 Å². The Morgan fingerprint density at radius 2 is 1.69 bits per heavy atom. The van der Waals surface area contributed by atoms with Crippen LogP contribution < -0.4 is 5.32 Å². The fourth-order valence-corrected chi connectivity index (χ4v) is 3.68. The van der Waals surface area contributed by atoms with Gasteiger partial charge in [0.2, 0.25) is 5.91 Å². The third-order valence-corrected chi connectivity index (χ3v) is 5.12. The van der Waals surface area contributed by atoms with Crippen LogP contribution in [-0.4, -0.2) is 100 Å². The monoisotopic (exact) mass is 379 g/mol. The average molecular weight is 379 g/mol. The molecule has 10 atom stereocenters. The van der Waals surface area contributed by atoms with Crippen LogP contribution in [0.15, 0.2) is 0 Å². The van der Waals surface area contributed by atoms with Gasteiger partial charge in [0, 0.05) is 20.0 Å². The second kappa shape index (κ2) is 8.89. The van der Waals surface area contributed by atoms with Crippen molar-refractivity contribution >= 4 is 5.91 Å². The molecule has 2 fully saturated rings. The summed E-state index contributed by atoms with van der Waals surface area (Å²) in [5, 5.41) is 52.7. The number of aliphatic hydroxyl groups is 5. The van der Waals surface area contributed by atoms with Gasteiger partial charge < -0.3 is 45.1 Å². The van der Waals surface area contributed by atoms with E-state index in [-0.39, 0.29) is 12.3 Å². The van der Waals surface area contributed by atoms with E-state index < -0.39 is 67.6 Å². The minimum Gasteiger partial charge on any atom is -0.394 e. The van der Waals surface area contributed by atoms with E-state index in [1.807, 2.05) is 0 Å². The van der Waals surface area contributed by atoms with Gasteiger partial charge in [-0.2, -0.15) is 0 Å². The zero-order chi connectivity index (χ0) is 19.6. The molecule has 0 saturated carbocycles. The summed E-state index contributed by atoms with van der Waals surface area (Å²) in [5.41, 5.74) is 0. The fraction of sp³-hybridized carbons (Fsp3) is 0.938. The molecule has 2 aliphatic rings. The van der Waals surface area contributed by atoms with E-state index in [1.54, 1.807) is 6.92 Å². The minimum absolute atomic E-state index is 0.0428. The molecule has 0 aromatic rings. The van der Waals surface area contributed by atoms with Crippen LogP contribution >= 0.6 is 0 Å². The normalized spacial score (nSPS) is 46.8. The number of rotatable bonds is 5. The molecule has 0 radical (unpaired) electrons. The summed E-state index contributed by atoms with van der Waals surface area (Å²) in [6.45, 7) is 2.41. The quantitative estimate of drug-likeness (QED) is 0.294. The molecule has 0 bridgehead atoms. The third-order valence-electron chi connectivity index (χ3n) is 5.12. The van der Waals surface area contributed by atoms with Crippen LogP contribution in [0.2, 0.25) is 0 Å². The van der Waals surface area contributed by atoms with Crippen LogP contribution in [0.1, 0.15) is 20.3 Å². The SMILES string of the molecule is CO[C@@H]1O[C@H](CO)[C@H](O)[C@H](C[C@@H]2O[C@@H](C)[C@@H](O)[C@@H](O)[C@@H]2O)[C@H]1NC(C)=O. The first-order valence-electron chi connectivity index (χ1n) is 8.65. The van der Waals surface area contributed by atoms with Crippen molar-refractivity contribution < 1.29 is 44.5 Å². The number of carbonyl (C=O) groups excluding carboxylic acids is 1. The summed E-state index contributed by atoms with van der Waals surface area (Å²) in [4.78, 5) is 11.6. The molecular weight excluding hydrogens is 350 g/mol. The minimum atomic E-state index is -1.40. The van der Waals surface area contributed by atoms with Gasteiger partial charge in [-0.3, -0.25) is 4.79 Å². The molecule has 10 heteroatoms. The lowest BCUT2D eigenvalue weighted by Gasteiger charge is -2.47. The van der Waals surface area contributed by atoms with Crippen molar-refractivity contribution in [2.75, 3.05) is 13.7 Å². The van der Waals surface area contributed by atoms with E-state index in [0.717, 1.165) is 0 Å². The maximum absolute atomic E-state index is 11.6. The molecule has 1 amide bonds. The van der Waals surface area contributed by atoms with Gasteiger partial charge in [0.15, 0.2) is 6.29 Å². The van der Waals surface area contributed by atoms with Gasteiger partial charge in [-0.05, 0) is 13.3 Å². The van der Waals surface area contributed by atoms with E-state index in [4.69, 9.17) is 14.2 Å². The number of methoxy groups -OCH3 is 1. The largest absolute Gasteiger partial charge is 0.394 e. The number of carbonyl (C=O) groups is 1. The van der Waals surface area contributed by atoms with Crippen molar-refractivity contribution in [3.8, 4) is 0 Å². The van der Waals surface area contributed by atoms with E-state index in [2.05, 4.69) is 5.32 Å². The lowest BCUT2D eigenvalue weighted by atomic mass is 9.80. The van der Waals surface area contributed by atoms with Gasteiger partial charge in [0.1, 0.15) is 24.4 Å².